The van der Waals surface area contributed by atoms with E-state index in [0.29, 0.717) is 15.8 Å². The van der Waals surface area contributed by atoms with E-state index in [1.807, 2.05) is 48.5 Å². The SMILES string of the molecule is O=C1/C(=C\c2ccccc2Cl)NC(=S)N1c1ccccc1. The van der Waals surface area contributed by atoms with Gasteiger partial charge in [-0.05, 0) is 42.1 Å². The molecule has 3 rings (SSSR count). The first kappa shape index (κ1) is 13.8. The van der Waals surface area contributed by atoms with E-state index in [1.165, 1.54) is 4.90 Å². The van der Waals surface area contributed by atoms with E-state index < -0.39 is 0 Å². The molecule has 1 saturated heterocycles. The molecule has 2 aromatic carbocycles. The lowest BCUT2D eigenvalue weighted by molar-refractivity contribution is -0.113. The molecule has 0 saturated carbocycles. The van der Waals surface area contributed by atoms with Gasteiger partial charge >= 0.3 is 0 Å². The second-order valence-electron chi connectivity index (χ2n) is 4.49. The molecule has 0 unspecified atom stereocenters. The van der Waals surface area contributed by atoms with Gasteiger partial charge in [-0.1, -0.05) is 48.0 Å². The second-order valence-corrected chi connectivity index (χ2v) is 5.28. The average Bonchev–Trinajstić information content (AvgIpc) is 2.77. The minimum atomic E-state index is -0.189. The fourth-order valence-corrected chi connectivity index (χ4v) is 2.58. The molecule has 5 heteroatoms. The molecule has 0 aromatic heterocycles. The van der Waals surface area contributed by atoms with Crippen LogP contribution in [0.3, 0.4) is 0 Å². The molecule has 21 heavy (non-hydrogen) atoms. The van der Waals surface area contributed by atoms with Crippen LogP contribution in [0.15, 0.2) is 60.3 Å². The van der Waals surface area contributed by atoms with Crippen LogP contribution >= 0.6 is 23.8 Å². The Morgan fingerprint density at radius 3 is 2.43 bits per heavy atom. The zero-order valence-corrected chi connectivity index (χ0v) is 12.5. The van der Waals surface area contributed by atoms with Gasteiger partial charge in [0.05, 0.1) is 5.69 Å². The molecule has 104 valence electrons. The first-order valence-corrected chi connectivity index (χ1v) is 7.12. The fraction of sp³-hybridized carbons (Fsp3) is 0. The van der Waals surface area contributed by atoms with Crippen molar-refractivity contribution < 1.29 is 4.79 Å². The summed E-state index contributed by atoms with van der Waals surface area (Å²) in [5.41, 5.74) is 1.92. The predicted molar refractivity (Wildman–Crippen MR) is 89.1 cm³/mol. The standard InChI is InChI=1S/C16H11ClN2OS/c17-13-9-5-4-6-11(13)10-14-15(20)19(16(21)18-14)12-7-2-1-3-8-12/h1-10H,(H,18,21)/b14-10+. The smallest absolute Gasteiger partial charge is 0.281 e. The van der Waals surface area contributed by atoms with Crippen molar-refractivity contribution in [2.24, 2.45) is 0 Å². The van der Waals surface area contributed by atoms with Gasteiger partial charge in [0.1, 0.15) is 5.70 Å². The van der Waals surface area contributed by atoms with Gasteiger partial charge in [-0.15, -0.1) is 0 Å². The number of benzene rings is 2. The number of carbonyl (C=O) groups is 1. The molecule has 0 bridgehead atoms. The van der Waals surface area contributed by atoms with Crippen LogP contribution in [-0.2, 0) is 4.79 Å². The van der Waals surface area contributed by atoms with Gasteiger partial charge in [0.2, 0.25) is 0 Å². The second kappa shape index (κ2) is 5.68. The number of nitrogens with one attached hydrogen (secondary N) is 1. The van der Waals surface area contributed by atoms with Crippen molar-refractivity contribution in [3.8, 4) is 0 Å². The van der Waals surface area contributed by atoms with E-state index in [1.54, 1.807) is 12.1 Å². The van der Waals surface area contributed by atoms with Crippen molar-refractivity contribution >= 4 is 46.6 Å². The maximum Gasteiger partial charge on any atom is 0.281 e. The van der Waals surface area contributed by atoms with Crippen molar-refractivity contribution in [3.63, 3.8) is 0 Å². The highest BCUT2D eigenvalue weighted by atomic mass is 35.5. The summed E-state index contributed by atoms with van der Waals surface area (Å²) in [5.74, 6) is -0.189. The number of amides is 1. The van der Waals surface area contributed by atoms with Gasteiger partial charge in [0.25, 0.3) is 5.91 Å². The van der Waals surface area contributed by atoms with E-state index in [2.05, 4.69) is 5.32 Å². The lowest BCUT2D eigenvalue weighted by Gasteiger charge is -2.13. The van der Waals surface area contributed by atoms with Gasteiger partial charge in [-0.3, -0.25) is 9.69 Å². The lowest BCUT2D eigenvalue weighted by Crippen LogP contribution is -2.30. The zero-order valence-electron chi connectivity index (χ0n) is 10.9. The Labute approximate surface area is 132 Å². The van der Waals surface area contributed by atoms with E-state index in [9.17, 15) is 4.79 Å². The maximum atomic E-state index is 12.5. The van der Waals surface area contributed by atoms with Crippen molar-refractivity contribution in [1.82, 2.24) is 5.32 Å². The number of carbonyl (C=O) groups excluding carboxylic acids is 1. The fourth-order valence-electron chi connectivity index (χ4n) is 2.09. The summed E-state index contributed by atoms with van der Waals surface area (Å²) in [4.78, 5) is 14.0. The summed E-state index contributed by atoms with van der Waals surface area (Å²) in [7, 11) is 0. The molecular formula is C16H11ClN2OS. The minimum Gasteiger partial charge on any atom is -0.327 e. The molecule has 1 heterocycles. The van der Waals surface area contributed by atoms with Gasteiger partial charge in [0.15, 0.2) is 5.11 Å². The first-order valence-electron chi connectivity index (χ1n) is 6.33. The number of halogens is 1. The van der Waals surface area contributed by atoms with Crippen LogP contribution in [0.4, 0.5) is 5.69 Å². The van der Waals surface area contributed by atoms with Crippen LogP contribution in [0.5, 0.6) is 0 Å². The Morgan fingerprint density at radius 1 is 1.05 bits per heavy atom. The number of hydrogen-bond acceptors (Lipinski definition) is 2. The van der Waals surface area contributed by atoms with Crippen LogP contribution in [0.25, 0.3) is 6.08 Å². The van der Waals surface area contributed by atoms with E-state index in [4.69, 9.17) is 23.8 Å². The maximum absolute atomic E-state index is 12.5. The molecule has 3 nitrogen and oxygen atoms in total. The summed E-state index contributed by atoms with van der Waals surface area (Å²) >= 11 is 11.4. The molecule has 0 atom stereocenters. The van der Waals surface area contributed by atoms with Gasteiger partial charge in [-0.25, -0.2) is 0 Å². The van der Waals surface area contributed by atoms with Gasteiger partial charge in [-0.2, -0.15) is 0 Å². The summed E-state index contributed by atoms with van der Waals surface area (Å²) in [6, 6.07) is 16.6. The topological polar surface area (TPSA) is 32.3 Å². The quantitative estimate of drug-likeness (QED) is 0.679. The van der Waals surface area contributed by atoms with Crippen molar-refractivity contribution in [2.75, 3.05) is 4.90 Å². The van der Waals surface area contributed by atoms with Crippen LogP contribution in [0.1, 0.15) is 5.56 Å². The number of para-hydroxylation sites is 1. The highest BCUT2D eigenvalue weighted by Crippen LogP contribution is 2.24. The lowest BCUT2D eigenvalue weighted by atomic mass is 10.2. The Morgan fingerprint density at radius 2 is 1.71 bits per heavy atom. The molecule has 1 N–H and O–H groups in total. The highest BCUT2D eigenvalue weighted by Gasteiger charge is 2.31. The molecular weight excluding hydrogens is 304 g/mol. The Bertz CT molecular complexity index is 743. The molecule has 0 spiro atoms. The molecule has 1 fully saturated rings. The zero-order chi connectivity index (χ0) is 14.8. The number of hydrogen-bond donors (Lipinski definition) is 1. The Balaban J connectivity index is 1.96. The molecule has 1 amide bonds. The predicted octanol–water partition coefficient (Wildman–Crippen LogP) is 3.60. The molecule has 1 aliphatic rings. The monoisotopic (exact) mass is 314 g/mol. The number of anilines is 1. The minimum absolute atomic E-state index is 0.189. The largest absolute Gasteiger partial charge is 0.327 e. The van der Waals surface area contributed by atoms with E-state index in [0.717, 1.165) is 11.3 Å². The normalized spacial score (nSPS) is 16.4. The summed E-state index contributed by atoms with van der Waals surface area (Å²) in [6.07, 6.45) is 1.71. The summed E-state index contributed by atoms with van der Waals surface area (Å²) in [5, 5.41) is 3.89. The molecule has 2 aromatic rings. The van der Waals surface area contributed by atoms with Gasteiger partial charge < -0.3 is 5.32 Å². The van der Waals surface area contributed by atoms with Crippen molar-refractivity contribution in [2.45, 2.75) is 0 Å². The Kier molecular flexibility index (Phi) is 3.73. The summed E-state index contributed by atoms with van der Waals surface area (Å²) in [6.45, 7) is 0. The van der Waals surface area contributed by atoms with Gasteiger partial charge in [0, 0.05) is 5.02 Å². The number of thiocarbonyl (C=S) groups is 1. The van der Waals surface area contributed by atoms with E-state index >= 15 is 0 Å². The highest BCUT2D eigenvalue weighted by molar-refractivity contribution is 7.80. The molecule has 0 aliphatic carbocycles. The third kappa shape index (κ3) is 2.68. The van der Waals surface area contributed by atoms with Crippen LogP contribution < -0.4 is 10.2 Å². The van der Waals surface area contributed by atoms with Crippen molar-refractivity contribution in [1.29, 1.82) is 0 Å². The number of rotatable bonds is 2. The average molecular weight is 315 g/mol. The van der Waals surface area contributed by atoms with Crippen molar-refractivity contribution in [3.05, 3.63) is 70.9 Å². The summed E-state index contributed by atoms with van der Waals surface area (Å²) < 4.78 is 0. The van der Waals surface area contributed by atoms with Crippen LogP contribution in [-0.4, -0.2) is 11.0 Å². The van der Waals surface area contributed by atoms with E-state index in [-0.39, 0.29) is 5.91 Å². The molecule has 1 aliphatic heterocycles. The third-order valence-corrected chi connectivity index (χ3v) is 3.73. The van der Waals surface area contributed by atoms with Crippen LogP contribution in [0, 0.1) is 0 Å². The molecule has 0 radical (unpaired) electrons. The third-order valence-electron chi connectivity index (χ3n) is 3.10. The van der Waals surface area contributed by atoms with Crippen LogP contribution in [0.2, 0.25) is 5.02 Å². The first-order chi connectivity index (χ1) is 10.2. The Hall–Kier alpha value is -2.17. The number of nitrogens with zero attached hydrogens (tertiary/aromatic N) is 1.